The lowest BCUT2D eigenvalue weighted by Crippen LogP contribution is -2.52. The molecule has 2 aliphatic carbocycles. The number of methoxy groups -OCH3 is 1. The average molecular weight is 2040 g/mol. The molecule has 5 unspecified atom stereocenters. The Bertz CT molecular complexity index is 6020. The van der Waals surface area contributed by atoms with Crippen molar-refractivity contribution in [1.82, 2.24) is 115 Å². The van der Waals surface area contributed by atoms with Gasteiger partial charge in [0.2, 0.25) is 0 Å². The second-order valence-electron chi connectivity index (χ2n) is 41.4. The molecular weight excluding hydrogens is 1880 g/mol. The van der Waals surface area contributed by atoms with Crippen molar-refractivity contribution in [3.8, 4) is 5.75 Å². The summed E-state index contributed by atoms with van der Waals surface area (Å²) in [5.74, 6) is 4.07. The SMILES string of the molecule is C.CN1CCN(C(C(=O)CCCc2ccc(F)cc2)c2cccnc2)CC1.CN1CCN(C(c2ccccc2)c2nnnn2CCc2ccccc2)CC1.COc1cc(C(c2nnnn2CCc2ccccc2)N2CCN(C3CCCCC3)CC2)ccc1C.Cc1ccc(C(C(=O)CCCc2ccc(Cl)cc2)N2CCN(C)CC2)cc1.Cc1ccc(C(c2nnnn2CCc2ccccc2)N2CCN(C3CCCCC3)CC2)cc1. The minimum Gasteiger partial charge on any atom is -0.496 e. The monoisotopic (exact) mass is 2040 g/mol. The highest BCUT2D eigenvalue weighted by Gasteiger charge is 2.38. The highest BCUT2D eigenvalue weighted by Crippen LogP contribution is 2.38. The summed E-state index contributed by atoms with van der Waals surface area (Å²) in [7, 11) is 8.18. The highest BCUT2D eigenvalue weighted by atomic mass is 35.5. The summed E-state index contributed by atoms with van der Waals surface area (Å²) in [5, 5.41) is 39.7. The Balaban J connectivity index is 0.000000140. The molecule has 0 N–H and O–H groups in total. The third-order valence-electron chi connectivity index (χ3n) is 31.0. The van der Waals surface area contributed by atoms with Gasteiger partial charge in [0.05, 0.1) is 37.3 Å². The smallest absolute Gasteiger partial charge is 0.173 e. The van der Waals surface area contributed by atoms with Crippen molar-refractivity contribution < 1.29 is 18.7 Å². The Morgan fingerprint density at radius 1 is 0.362 bits per heavy atom. The number of ether oxygens (including phenoxy) is 1. The quantitative estimate of drug-likeness (QED) is 0.0360. The van der Waals surface area contributed by atoms with E-state index in [1.807, 2.05) is 56.5 Å². The van der Waals surface area contributed by atoms with Crippen LogP contribution in [0.25, 0.3) is 0 Å². The van der Waals surface area contributed by atoms with Crippen molar-refractivity contribution >= 4 is 23.2 Å². The number of carbonyl (C=O) groups excluding carboxylic acids is 2. The topological polar surface area (TPSA) is 219 Å². The molecule has 0 amide bonds. The zero-order chi connectivity index (χ0) is 103. The zero-order valence-corrected chi connectivity index (χ0v) is 89.1. The Morgan fingerprint density at radius 2 is 0.698 bits per heavy atom. The molecule has 149 heavy (non-hydrogen) atoms. The van der Waals surface area contributed by atoms with Crippen LogP contribution in [0.15, 0.2) is 261 Å². The first kappa shape index (κ1) is 111. The molecule has 5 atom stereocenters. The second kappa shape index (κ2) is 58.1. The predicted octanol–water partition coefficient (Wildman–Crippen LogP) is 19.1. The number of aromatic nitrogens is 13. The van der Waals surface area contributed by atoms with Crippen LogP contribution >= 0.6 is 11.6 Å². The lowest BCUT2D eigenvalue weighted by molar-refractivity contribution is -0.126. The summed E-state index contributed by atoms with van der Waals surface area (Å²) < 4.78 is 24.7. The van der Waals surface area contributed by atoms with Gasteiger partial charge in [-0.05, 0) is 241 Å². The molecule has 9 aromatic carbocycles. The van der Waals surface area contributed by atoms with Crippen molar-refractivity contribution in [2.75, 3.05) is 159 Å². The van der Waals surface area contributed by atoms with Gasteiger partial charge in [-0.25, -0.2) is 18.4 Å². The first-order valence-electron chi connectivity index (χ1n) is 54.4. The number of halogens is 2. The summed E-state index contributed by atoms with van der Waals surface area (Å²) >= 11 is 5.95. The van der Waals surface area contributed by atoms with Gasteiger partial charge in [0.1, 0.15) is 11.6 Å². The van der Waals surface area contributed by atoms with Gasteiger partial charge in [-0.3, -0.25) is 48.9 Å². The maximum Gasteiger partial charge on any atom is 0.173 e. The van der Waals surface area contributed by atoms with E-state index in [0.717, 1.165) is 258 Å². The fourth-order valence-electron chi connectivity index (χ4n) is 22.1. The molecule has 26 nitrogen and oxygen atoms in total. The fourth-order valence-corrected chi connectivity index (χ4v) is 22.3. The molecule has 13 aromatic rings. The normalized spacial score (nSPS) is 18.0. The molecule has 0 spiro atoms. The number of carbonyl (C=O) groups is 2. The van der Waals surface area contributed by atoms with E-state index in [0.29, 0.717) is 18.6 Å². The number of tetrazole rings is 3. The molecule has 20 rings (SSSR count). The van der Waals surface area contributed by atoms with Crippen LogP contribution in [0.3, 0.4) is 0 Å². The van der Waals surface area contributed by atoms with Crippen LogP contribution < -0.4 is 4.74 Å². The summed E-state index contributed by atoms with van der Waals surface area (Å²) in [4.78, 5) is 55.1. The first-order chi connectivity index (χ1) is 72.5. The van der Waals surface area contributed by atoms with Gasteiger partial charge < -0.3 is 19.4 Å². The van der Waals surface area contributed by atoms with E-state index in [1.54, 1.807) is 31.6 Å². The van der Waals surface area contributed by atoms with Crippen LogP contribution in [0.5, 0.6) is 5.75 Å². The zero-order valence-electron chi connectivity index (χ0n) is 88.3. The maximum atomic E-state index is 13.2. The molecule has 790 valence electrons. The molecule has 28 heteroatoms. The number of hydrogen-bond acceptors (Lipinski definition) is 23. The van der Waals surface area contributed by atoms with E-state index in [9.17, 15) is 14.0 Å². The van der Waals surface area contributed by atoms with E-state index in [2.05, 4.69) is 324 Å². The maximum absolute atomic E-state index is 13.2. The number of aryl methyl sites for hydroxylation is 11. The van der Waals surface area contributed by atoms with Crippen LogP contribution in [0, 0.1) is 26.6 Å². The van der Waals surface area contributed by atoms with E-state index < -0.39 is 0 Å². The molecule has 0 radical (unpaired) electrons. The number of likely N-dealkylation sites (N-methyl/N-ethyl adjacent to an activating group) is 3. The first-order valence-corrected chi connectivity index (χ1v) is 54.8. The van der Waals surface area contributed by atoms with Gasteiger partial charge in [-0.1, -0.05) is 281 Å². The van der Waals surface area contributed by atoms with Crippen LogP contribution in [-0.4, -0.2) is 297 Å². The van der Waals surface area contributed by atoms with E-state index in [4.69, 9.17) is 16.3 Å². The number of hydrogen-bond donors (Lipinski definition) is 0. The fraction of sp³-hybridized carbons (Fsp3) is 0.471. The summed E-state index contributed by atoms with van der Waals surface area (Å²) in [5.41, 5.74) is 15.7. The Hall–Kier alpha value is -11.7. The molecule has 7 aliphatic rings. The van der Waals surface area contributed by atoms with Gasteiger partial charge in [0.15, 0.2) is 29.0 Å². The molecule has 2 saturated carbocycles. The number of rotatable bonds is 35. The van der Waals surface area contributed by atoms with Crippen molar-refractivity contribution in [3.05, 3.63) is 362 Å². The van der Waals surface area contributed by atoms with Crippen LogP contribution in [0.1, 0.15) is 217 Å². The minimum atomic E-state index is -0.225. The van der Waals surface area contributed by atoms with Gasteiger partial charge in [-0.2, -0.15) is 0 Å². The van der Waals surface area contributed by atoms with E-state index >= 15 is 0 Å². The molecule has 5 aliphatic heterocycles. The number of pyridine rings is 1. The lowest BCUT2D eigenvalue weighted by atomic mass is 9.93. The molecule has 5 saturated heterocycles. The number of nitrogens with zero attached hydrogens (tertiary/aromatic N) is 23. The average Bonchev–Trinajstić information content (AvgIpc) is 1.73. The predicted molar refractivity (Wildman–Crippen MR) is 593 cm³/mol. The Morgan fingerprint density at radius 3 is 1.09 bits per heavy atom. The van der Waals surface area contributed by atoms with Gasteiger partial charge in [0, 0.05) is 193 Å². The van der Waals surface area contributed by atoms with E-state index in [-0.39, 0.29) is 49.2 Å². The highest BCUT2D eigenvalue weighted by molar-refractivity contribution is 6.30. The molecular formula is C121H159ClFN23O3. The van der Waals surface area contributed by atoms with Crippen molar-refractivity contribution in [2.24, 2.45) is 0 Å². The Labute approximate surface area is 889 Å². The number of benzene rings is 9. The van der Waals surface area contributed by atoms with Crippen LogP contribution in [-0.2, 0) is 61.3 Å². The van der Waals surface area contributed by atoms with E-state index in [1.165, 1.54) is 126 Å². The van der Waals surface area contributed by atoms with Crippen molar-refractivity contribution in [2.45, 2.75) is 212 Å². The van der Waals surface area contributed by atoms with Crippen molar-refractivity contribution in [1.29, 1.82) is 0 Å². The van der Waals surface area contributed by atoms with Gasteiger partial charge in [-0.15, -0.1) is 15.3 Å². The number of piperazine rings is 5. The number of Topliss-reactive ketones (excluding diaryl/α,β-unsaturated/α-hetero) is 2. The van der Waals surface area contributed by atoms with Gasteiger partial charge in [0.25, 0.3) is 0 Å². The molecule has 7 fully saturated rings. The summed E-state index contributed by atoms with van der Waals surface area (Å²) in [6, 6.07) is 85.9. The largest absolute Gasteiger partial charge is 0.496 e. The summed E-state index contributed by atoms with van der Waals surface area (Å²) in [6.45, 7) is 29.1. The van der Waals surface area contributed by atoms with Crippen LogP contribution in [0.2, 0.25) is 5.02 Å². The minimum absolute atomic E-state index is 0. The van der Waals surface area contributed by atoms with Crippen LogP contribution in [0.4, 0.5) is 4.39 Å². The lowest BCUT2D eigenvalue weighted by Gasteiger charge is -2.43. The van der Waals surface area contributed by atoms with Crippen molar-refractivity contribution in [3.63, 3.8) is 0 Å². The molecule has 4 aromatic heterocycles. The Kier molecular flexibility index (Phi) is 43.4. The molecule has 0 bridgehead atoms. The standard InChI is InChI=1S/C28H38N6O.C27H36N6.C23H29ClN2O.C21H26FN3O.C21H26N6.CH4/c1-22-13-14-24(21-26(22)35-2)27(33-19-17-32(18-20-33)25-11-7-4-8-12-25)28-29-30-31-34(28)16-15-23-9-5-3-6-10-23;1-22-12-14-24(15-13-22)26(32-20-18-31(19-21-32)25-10-6-3-7-11-25)27-28-29-30-33(27)17-16-23-8-4-2-5-9-23;1-18-6-10-20(11-7-18)23(26-16-14-25(2)15-17-26)22(27)5-3-4-19-8-12-21(24)13-9-19;1-24-12-14-25(15-13-24)21(18-5-3-11-23-16-18)20(26)6-2-4-17-7-9-19(22)10-8-17;1-25-14-16-26(17-15-25)20(19-10-6-3-7-11-19)21-22-23-24-27(21)13-12-18-8-4-2-5-9-18;/h3,5-6,9-10,13-14,21,25,27H,4,7-8,11-12,15-20H2,1-2H3;2,4-5,8-9,12-15,25-26H,3,6-7,10-11,16-21H2,1H3;6-13,23H,3-5,14-17H2,1-2H3;3,5,7-11,16,21H,2,4,6,12-15H2,1H3;2-11,20H,12-17H2,1H3;1H4. The second-order valence-corrected chi connectivity index (χ2v) is 41.8. The van der Waals surface area contributed by atoms with Gasteiger partial charge >= 0.3 is 0 Å². The molecule has 9 heterocycles. The third kappa shape index (κ3) is 32.7. The number of ketones is 2. The third-order valence-corrected chi connectivity index (χ3v) is 31.2. The summed E-state index contributed by atoms with van der Waals surface area (Å²) in [6.07, 6.45) is 24.6.